The molecule has 0 radical (unpaired) electrons. The highest BCUT2D eigenvalue weighted by Gasteiger charge is 2.28. The molecule has 2 fully saturated rings. The molecule has 0 saturated heterocycles. The van der Waals surface area contributed by atoms with Crippen LogP contribution in [0.25, 0.3) is 0 Å². The second-order valence-corrected chi connectivity index (χ2v) is 11.3. The summed E-state index contributed by atoms with van der Waals surface area (Å²) < 4.78 is 26.2. The molecule has 0 spiro atoms. The van der Waals surface area contributed by atoms with E-state index in [1.54, 1.807) is 6.07 Å². The van der Waals surface area contributed by atoms with E-state index in [-0.39, 0.29) is 5.75 Å². The van der Waals surface area contributed by atoms with Crippen molar-refractivity contribution < 1.29 is 13.9 Å². The van der Waals surface area contributed by atoms with Gasteiger partial charge in [-0.3, -0.25) is 0 Å². The molecule has 3 nitrogen and oxygen atoms in total. The zero-order chi connectivity index (χ0) is 23.8. The highest BCUT2D eigenvalue weighted by atomic mass is 19.1. The van der Waals surface area contributed by atoms with Crippen LogP contribution >= 0.6 is 0 Å². The molecule has 0 aromatic carbocycles. The SMILES string of the molecule is CCCCCC1CCC(C2CC=C(COc3nc(F)c(OCC4CCCC4)cc3C)CC2)CC1. The molecule has 1 aromatic heterocycles. The third-order valence-electron chi connectivity index (χ3n) is 8.75. The molecule has 0 aliphatic heterocycles. The molecule has 4 heteroatoms. The number of nitrogens with zero attached hydrogens (tertiary/aromatic N) is 1. The van der Waals surface area contributed by atoms with E-state index in [9.17, 15) is 4.39 Å². The lowest BCUT2D eigenvalue weighted by Gasteiger charge is -2.35. The Hall–Kier alpha value is -1.58. The van der Waals surface area contributed by atoms with Gasteiger partial charge in [-0.15, -0.1) is 0 Å². The first-order valence-electron chi connectivity index (χ1n) is 14.2. The van der Waals surface area contributed by atoms with Crippen molar-refractivity contribution in [1.82, 2.24) is 4.98 Å². The second-order valence-electron chi connectivity index (χ2n) is 11.3. The zero-order valence-electron chi connectivity index (χ0n) is 21.6. The fourth-order valence-corrected chi connectivity index (χ4v) is 6.44. The van der Waals surface area contributed by atoms with Crippen LogP contribution in [0.15, 0.2) is 17.7 Å². The molecule has 0 amide bonds. The number of halogens is 1. The minimum atomic E-state index is -0.554. The number of unbranched alkanes of at least 4 members (excludes halogenated alkanes) is 2. The summed E-state index contributed by atoms with van der Waals surface area (Å²) in [6, 6.07) is 1.75. The van der Waals surface area contributed by atoms with Gasteiger partial charge in [0.05, 0.1) is 6.61 Å². The first-order chi connectivity index (χ1) is 16.6. The number of hydrogen-bond donors (Lipinski definition) is 0. The molecular weight excluding hydrogens is 425 g/mol. The van der Waals surface area contributed by atoms with Gasteiger partial charge in [0.2, 0.25) is 5.88 Å². The minimum absolute atomic E-state index is 0.261. The quantitative estimate of drug-likeness (QED) is 0.184. The molecule has 4 rings (SSSR count). The molecule has 1 aromatic rings. The summed E-state index contributed by atoms with van der Waals surface area (Å²) in [7, 11) is 0. The maximum Gasteiger partial charge on any atom is 0.258 e. The Morgan fingerprint density at radius 2 is 1.74 bits per heavy atom. The molecule has 0 bridgehead atoms. The first kappa shape index (κ1) is 25.5. The van der Waals surface area contributed by atoms with Crippen LogP contribution in [0.5, 0.6) is 11.6 Å². The topological polar surface area (TPSA) is 31.4 Å². The Kier molecular flexibility index (Phi) is 9.70. The number of hydrogen-bond acceptors (Lipinski definition) is 3. The van der Waals surface area contributed by atoms with Crippen molar-refractivity contribution in [2.24, 2.45) is 23.7 Å². The van der Waals surface area contributed by atoms with Crippen molar-refractivity contribution in [2.75, 3.05) is 13.2 Å². The van der Waals surface area contributed by atoms with Gasteiger partial charge in [-0.2, -0.15) is 9.37 Å². The molecular formula is C30H46FNO2. The van der Waals surface area contributed by atoms with Crippen molar-refractivity contribution in [3.63, 3.8) is 0 Å². The Labute approximate surface area is 206 Å². The van der Waals surface area contributed by atoms with E-state index in [0.29, 0.717) is 25.0 Å². The van der Waals surface area contributed by atoms with Crippen LogP contribution in [0.2, 0.25) is 0 Å². The van der Waals surface area contributed by atoms with Gasteiger partial charge in [-0.25, -0.2) is 0 Å². The summed E-state index contributed by atoms with van der Waals surface area (Å²) in [5, 5.41) is 0. The first-order valence-corrected chi connectivity index (χ1v) is 14.2. The second kappa shape index (κ2) is 12.9. The fourth-order valence-electron chi connectivity index (χ4n) is 6.44. The lowest BCUT2D eigenvalue weighted by molar-refractivity contribution is 0.183. The predicted molar refractivity (Wildman–Crippen MR) is 137 cm³/mol. The molecule has 0 N–H and O–H groups in total. The van der Waals surface area contributed by atoms with Crippen LogP contribution < -0.4 is 9.47 Å². The number of aromatic nitrogens is 1. The molecule has 1 unspecified atom stereocenters. The standard InChI is InChI=1S/C30H46FNO2/c1-3-4-5-8-23-11-15-26(16-12-23)27-17-13-25(14-18-27)21-34-30-22(2)19-28(29(31)32-30)33-20-24-9-6-7-10-24/h13,19,23-24,26-27H,3-12,14-18,20-21H2,1-2H3. The Bertz CT molecular complexity index is 793. The molecule has 2 saturated carbocycles. The van der Waals surface area contributed by atoms with Crippen molar-refractivity contribution in [1.29, 1.82) is 0 Å². The summed E-state index contributed by atoms with van der Waals surface area (Å²) in [5.74, 6) is 3.40. The summed E-state index contributed by atoms with van der Waals surface area (Å²) in [6.45, 7) is 5.33. The summed E-state index contributed by atoms with van der Waals surface area (Å²) in [4.78, 5) is 4.08. The van der Waals surface area contributed by atoms with E-state index in [2.05, 4.69) is 18.0 Å². The van der Waals surface area contributed by atoms with Gasteiger partial charge >= 0.3 is 0 Å². The lowest BCUT2D eigenvalue weighted by atomic mass is 9.70. The van der Waals surface area contributed by atoms with Gasteiger partial charge < -0.3 is 9.47 Å². The van der Waals surface area contributed by atoms with Crippen LogP contribution in [0.4, 0.5) is 4.39 Å². The maximum absolute atomic E-state index is 14.5. The van der Waals surface area contributed by atoms with Gasteiger partial charge in [0.1, 0.15) is 6.61 Å². The van der Waals surface area contributed by atoms with Crippen LogP contribution in [0.1, 0.15) is 109 Å². The van der Waals surface area contributed by atoms with Gasteiger partial charge in [0.25, 0.3) is 5.95 Å². The van der Waals surface area contributed by atoms with E-state index in [1.807, 2.05) is 6.92 Å². The highest BCUT2D eigenvalue weighted by Crippen LogP contribution is 2.41. The number of rotatable bonds is 11. The number of ether oxygens (including phenoxy) is 2. The fraction of sp³-hybridized carbons (Fsp3) is 0.767. The molecule has 34 heavy (non-hydrogen) atoms. The van der Waals surface area contributed by atoms with E-state index in [0.717, 1.165) is 29.7 Å². The van der Waals surface area contributed by atoms with Crippen LogP contribution in [0, 0.1) is 36.5 Å². The minimum Gasteiger partial charge on any atom is -0.488 e. The van der Waals surface area contributed by atoms with Crippen molar-refractivity contribution >= 4 is 0 Å². The highest BCUT2D eigenvalue weighted by molar-refractivity contribution is 5.33. The van der Waals surface area contributed by atoms with Crippen LogP contribution in [-0.4, -0.2) is 18.2 Å². The summed E-state index contributed by atoms with van der Waals surface area (Å²) >= 11 is 0. The van der Waals surface area contributed by atoms with Crippen molar-refractivity contribution in [2.45, 2.75) is 110 Å². The number of pyridine rings is 1. The third kappa shape index (κ3) is 7.21. The monoisotopic (exact) mass is 471 g/mol. The Balaban J connectivity index is 1.20. The maximum atomic E-state index is 14.5. The van der Waals surface area contributed by atoms with Crippen molar-refractivity contribution in [3.05, 3.63) is 29.2 Å². The normalized spacial score (nSPS) is 25.9. The van der Waals surface area contributed by atoms with E-state index in [1.165, 1.54) is 95.5 Å². The summed E-state index contributed by atoms with van der Waals surface area (Å²) in [6.07, 6.45) is 22.2. The predicted octanol–water partition coefficient (Wildman–Crippen LogP) is 8.59. The molecule has 1 heterocycles. The number of aryl methyl sites for hydroxylation is 1. The zero-order valence-corrected chi connectivity index (χ0v) is 21.6. The summed E-state index contributed by atoms with van der Waals surface area (Å²) in [5.41, 5.74) is 2.18. The van der Waals surface area contributed by atoms with Crippen LogP contribution in [0.3, 0.4) is 0 Å². The van der Waals surface area contributed by atoms with E-state index in [4.69, 9.17) is 9.47 Å². The third-order valence-corrected chi connectivity index (χ3v) is 8.75. The molecule has 1 atom stereocenters. The van der Waals surface area contributed by atoms with Gasteiger partial charge in [0, 0.05) is 5.56 Å². The smallest absolute Gasteiger partial charge is 0.258 e. The van der Waals surface area contributed by atoms with E-state index < -0.39 is 5.95 Å². The van der Waals surface area contributed by atoms with Gasteiger partial charge in [-0.1, -0.05) is 64.4 Å². The Morgan fingerprint density at radius 3 is 2.44 bits per heavy atom. The molecule has 190 valence electrons. The number of allylic oxidation sites excluding steroid dienone is 1. The van der Waals surface area contributed by atoms with Gasteiger partial charge in [0.15, 0.2) is 5.75 Å². The lowest BCUT2D eigenvalue weighted by Crippen LogP contribution is -2.24. The Morgan fingerprint density at radius 1 is 0.941 bits per heavy atom. The average molecular weight is 472 g/mol. The molecule has 3 aliphatic carbocycles. The van der Waals surface area contributed by atoms with Crippen LogP contribution in [-0.2, 0) is 0 Å². The largest absolute Gasteiger partial charge is 0.488 e. The van der Waals surface area contributed by atoms with E-state index >= 15 is 0 Å². The van der Waals surface area contributed by atoms with Gasteiger partial charge in [-0.05, 0) is 87.2 Å². The van der Waals surface area contributed by atoms with Crippen molar-refractivity contribution in [3.8, 4) is 11.6 Å². The molecule has 3 aliphatic rings. The average Bonchev–Trinajstić information content (AvgIpc) is 3.38.